The van der Waals surface area contributed by atoms with Crippen molar-refractivity contribution in [2.75, 3.05) is 39.1 Å². The highest BCUT2D eigenvalue weighted by Crippen LogP contribution is 2.17. The van der Waals surface area contributed by atoms with E-state index in [0.717, 1.165) is 42.7 Å². The Hall–Kier alpha value is -1.10. The van der Waals surface area contributed by atoms with E-state index in [1.807, 2.05) is 37.7 Å². The molecule has 1 aromatic heterocycles. The first kappa shape index (κ1) is 22.9. The molecule has 2 rings (SSSR count). The van der Waals surface area contributed by atoms with Crippen LogP contribution in [-0.2, 0) is 11.3 Å². The van der Waals surface area contributed by atoms with Crippen molar-refractivity contribution in [1.82, 2.24) is 20.5 Å². The molecule has 1 amide bonds. The monoisotopic (exact) mass is 494 g/mol. The molecule has 1 aliphatic heterocycles. The number of carbonyl (C=O) groups excluding carboxylic acids is 1. The lowest BCUT2D eigenvalue weighted by Gasteiger charge is -2.34. The van der Waals surface area contributed by atoms with Gasteiger partial charge in [-0.15, -0.1) is 35.3 Å². The lowest BCUT2D eigenvalue weighted by molar-refractivity contribution is -0.135. The maximum absolute atomic E-state index is 12.1. The Morgan fingerprint density at radius 3 is 2.58 bits per heavy atom. The van der Waals surface area contributed by atoms with Gasteiger partial charge in [0.2, 0.25) is 5.91 Å². The number of amides is 1. The van der Waals surface area contributed by atoms with E-state index in [9.17, 15) is 4.79 Å². The number of aliphatic imine (C=N–C) groups is 1. The van der Waals surface area contributed by atoms with Crippen molar-refractivity contribution in [3.05, 3.63) is 11.1 Å². The minimum Gasteiger partial charge on any atom is -0.354 e. The maximum Gasteiger partial charge on any atom is 0.225 e. The number of halogens is 1. The van der Waals surface area contributed by atoms with Crippen LogP contribution in [0.5, 0.6) is 0 Å². The van der Waals surface area contributed by atoms with Gasteiger partial charge in [0.05, 0.1) is 12.2 Å². The number of thiazole rings is 1. The second kappa shape index (κ2) is 10.9. The Kier molecular flexibility index (Phi) is 9.62. The average Bonchev–Trinajstić information content (AvgIpc) is 3.07. The highest BCUT2D eigenvalue weighted by molar-refractivity contribution is 14.0. The number of likely N-dealkylation sites (tertiary alicyclic amines) is 1. The number of carbonyl (C=O) groups is 1. The van der Waals surface area contributed by atoms with E-state index in [1.54, 1.807) is 18.4 Å². The largest absolute Gasteiger partial charge is 0.354 e. The number of anilines is 1. The number of nitrogens with zero attached hydrogens (tertiary/aromatic N) is 4. The van der Waals surface area contributed by atoms with Gasteiger partial charge in [-0.25, -0.2) is 4.98 Å². The number of hydrogen-bond acceptors (Lipinski definition) is 5. The van der Waals surface area contributed by atoms with Gasteiger partial charge in [0.1, 0.15) is 0 Å². The molecule has 0 spiro atoms. The van der Waals surface area contributed by atoms with Crippen LogP contribution in [0.3, 0.4) is 0 Å². The number of rotatable bonds is 5. The van der Waals surface area contributed by atoms with Gasteiger partial charge in [-0.1, -0.05) is 13.8 Å². The molecule has 9 heteroatoms. The smallest absolute Gasteiger partial charge is 0.225 e. The van der Waals surface area contributed by atoms with Crippen LogP contribution in [0.25, 0.3) is 0 Å². The standard InChI is InChI=1S/C17H30N6OS.HI/c1-12(2)15(24)23-8-6-13(7-9-23)20-16(18-3)19-10-14-11-25-17(21-14)22(4)5;/h11-13H,6-10H2,1-5H3,(H2,18,19,20);1H. The molecule has 0 aliphatic carbocycles. The number of hydrogen-bond donors (Lipinski definition) is 2. The lowest BCUT2D eigenvalue weighted by Crippen LogP contribution is -2.50. The third kappa shape index (κ3) is 6.57. The summed E-state index contributed by atoms with van der Waals surface area (Å²) in [7, 11) is 5.76. The van der Waals surface area contributed by atoms with Gasteiger partial charge in [-0.05, 0) is 12.8 Å². The van der Waals surface area contributed by atoms with Crippen LogP contribution < -0.4 is 15.5 Å². The molecular weight excluding hydrogens is 463 g/mol. The summed E-state index contributed by atoms with van der Waals surface area (Å²) in [6.45, 7) is 6.18. The number of guanidine groups is 1. The van der Waals surface area contributed by atoms with Crippen molar-refractivity contribution in [2.24, 2.45) is 10.9 Å². The molecule has 0 radical (unpaired) electrons. The predicted molar refractivity (Wildman–Crippen MR) is 120 cm³/mol. The Labute approximate surface area is 177 Å². The molecule has 0 atom stereocenters. The predicted octanol–water partition coefficient (Wildman–Crippen LogP) is 2.14. The van der Waals surface area contributed by atoms with E-state index in [0.29, 0.717) is 12.6 Å². The molecule has 26 heavy (non-hydrogen) atoms. The molecule has 2 heterocycles. The van der Waals surface area contributed by atoms with Crippen LogP contribution in [0, 0.1) is 5.92 Å². The van der Waals surface area contributed by atoms with Crippen LogP contribution in [0.2, 0.25) is 0 Å². The van der Waals surface area contributed by atoms with E-state index >= 15 is 0 Å². The van der Waals surface area contributed by atoms with Gasteiger partial charge in [-0.3, -0.25) is 9.79 Å². The fourth-order valence-electron chi connectivity index (χ4n) is 2.75. The molecule has 2 N–H and O–H groups in total. The first-order valence-electron chi connectivity index (χ1n) is 8.78. The molecule has 148 valence electrons. The normalized spacial score (nSPS) is 15.6. The van der Waals surface area contributed by atoms with Crippen LogP contribution in [0.1, 0.15) is 32.4 Å². The molecular formula is C17H31IN6OS. The van der Waals surface area contributed by atoms with Gasteiger partial charge in [0, 0.05) is 51.6 Å². The van der Waals surface area contributed by atoms with E-state index in [4.69, 9.17) is 0 Å². The minimum atomic E-state index is 0. The molecule has 0 aromatic carbocycles. The van der Waals surface area contributed by atoms with E-state index in [-0.39, 0.29) is 35.8 Å². The minimum absolute atomic E-state index is 0. The van der Waals surface area contributed by atoms with Crippen LogP contribution in [-0.4, -0.2) is 62.0 Å². The van der Waals surface area contributed by atoms with Gasteiger partial charge in [-0.2, -0.15) is 0 Å². The third-order valence-electron chi connectivity index (χ3n) is 4.22. The topological polar surface area (TPSA) is 72.9 Å². The quantitative estimate of drug-likeness (QED) is 0.373. The molecule has 1 fully saturated rings. The fraction of sp³-hybridized carbons (Fsp3) is 0.706. The zero-order valence-corrected chi connectivity index (χ0v) is 19.4. The molecule has 7 nitrogen and oxygen atoms in total. The Balaban J connectivity index is 0.00000338. The average molecular weight is 494 g/mol. The highest BCUT2D eigenvalue weighted by Gasteiger charge is 2.24. The Bertz CT molecular complexity index is 596. The van der Waals surface area contributed by atoms with Crippen molar-refractivity contribution >= 4 is 52.3 Å². The molecule has 0 unspecified atom stereocenters. The maximum atomic E-state index is 12.1. The Morgan fingerprint density at radius 2 is 2.08 bits per heavy atom. The zero-order valence-electron chi connectivity index (χ0n) is 16.3. The first-order chi connectivity index (χ1) is 11.9. The van der Waals surface area contributed by atoms with Crippen LogP contribution in [0.15, 0.2) is 10.4 Å². The summed E-state index contributed by atoms with van der Waals surface area (Å²) in [4.78, 5) is 24.9. The number of nitrogens with one attached hydrogen (secondary N) is 2. The third-order valence-corrected chi connectivity index (χ3v) is 5.28. The van der Waals surface area contributed by atoms with Crippen molar-refractivity contribution in [2.45, 2.75) is 39.3 Å². The molecule has 0 bridgehead atoms. The van der Waals surface area contributed by atoms with Crippen molar-refractivity contribution in [1.29, 1.82) is 0 Å². The van der Waals surface area contributed by atoms with Crippen LogP contribution >= 0.6 is 35.3 Å². The van der Waals surface area contributed by atoms with Gasteiger partial charge >= 0.3 is 0 Å². The summed E-state index contributed by atoms with van der Waals surface area (Å²) in [5.41, 5.74) is 1.01. The lowest BCUT2D eigenvalue weighted by atomic mass is 10.0. The highest BCUT2D eigenvalue weighted by atomic mass is 127. The molecule has 0 saturated carbocycles. The summed E-state index contributed by atoms with van der Waals surface area (Å²) < 4.78 is 0. The summed E-state index contributed by atoms with van der Waals surface area (Å²) >= 11 is 1.63. The summed E-state index contributed by atoms with van der Waals surface area (Å²) in [5.74, 6) is 1.11. The summed E-state index contributed by atoms with van der Waals surface area (Å²) in [5, 5.41) is 9.84. The van der Waals surface area contributed by atoms with Gasteiger partial charge in [0.15, 0.2) is 11.1 Å². The molecule has 1 saturated heterocycles. The summed E-state index contributed by atoms with van der Waals surface area (Å²) in [6, 6.07) is 0.343. The van der Waals surface area contributed by atoms with Gasteiger partial charge < -0.3 is 20.4 Å². The molecule has 1 aromatic rings. The first-order valence-corrected chi connectivity index (χ1v) is 9.66. The van der Waals surface area contributed by atoms with Gasteiger partial charge in [0.25, 0.3) is 0 Å². The zero-order chi connectivity index (χ0) is 18.4. The Morgan fingerprint density at radius 1 is 1.42 bits per heavy atom. The molecule has 1 aliphatic rings. The van der Waals surface area contributed by atoms with E-state index < -0.39 is 0 Å². The van der Waals surface area contributed by atoms with Crippen molar-refractivity contribution in [3.8, 4) is 0 Å². The fourth-order valence-corrected chi connectivity index (χ4v) is 3.51. The second-order valence-electron chi connectivity index (χ2n) is 6.84. The van der Waals surface area contributed by atoms with Crippen LogP contribution in [0.4, 0.5) is 5.13 Å². The van der Waals surface area contributed by atoms with E-state index in [2.05, 4.69) is 26.0 Å². The number of piperidine rings is 1. The second-order valence-corrected chi connectivity index (χ2v) is 7.68. The SMILES string of the molecule is CN=C(NCc1csc(N(C)C)n1)NC1CCN(C(=O)C(C)C)CC1.I. The van der Waals surface area contributed by atoms with Crippen molar-refractivity contribution < 1.29 is 4.79 Å². The number of aromatic nitrogens is 1. The summed E-state index contributed by atoms with van der Waals surface area (Å²) in [6.07, 6.45) is 1.89. The van der Waals surface area contributed by atoms with Crippen molar-refractivity contribution in [3.63, 3.8) is 0 Å². The van der Waals surface area contributed by atoms with E-state index in [1.165, 1.54) is 0 Å².